The Bertz CT molecular complexity index is 823. The minimum Gasteiger partial charge on any atom is -0.381 e. The second kappa shape index (κ2) is 8.45. The number of hydrogen-bond donors (Lipinski definition) is 0. The Labute approximate surface area is 185 Å². The molecule has 3 saturated heterocycles. The van der Waals surface area contributed by atoms with Gasteiger partial charge in [0.05, 0.1) is 12.0 Å². The Kier molecular flexibility index (Phi) is 5.67. The molecular formula is C25H35N3O3. The largest absolute Gasteiger partial charge is 0.381 e. The zero-order valence-corrected chi connectivity index (χ0v) is 18.7. The summed E-state index contributed by atoms with van der Waals surface area (Å²) in [7, 11) is 0. The van der Waals surface area contributed by atoms with Crippen LogP contribution in [0.1, 0.15) is 49.7 Å². The fraction of sp³-hybridized carbons (Fsp3) is 0.680. The summed E-state index contributed by atoms with van der Waals surface area (Å²) in [6.45, 7) is 6.82. The van der Waals surface area contributed by atoms with E-state index in [2.05, 4.69) is 28.9 Å². The molecule has 3 heterocycles. The number of hydrogen-bond acceptors (Lipinski definition) is 3. The standard InChI is InChI=1S/C25H35N3O3/c1-19-3-2-4-21(15-19)16-23(29)26-11-7-22(8-12-26)28-24(30)27(17-20-5-6-20)18-25(28)9-13-31-14-10-25/h2-4,15,20,22H,5-14,16-18H2,1H3. The lowest BCUT2D eigenvalue weighted by Gasteiger charge is -2.46. The predicted molar refractivity (Wildman–Crippen MR) is 119 cm³/mol. The average Bonchev–Trinajstić information content (AvgIpc) is 3.54. The van der Waals surface area contributed by atoms with Crippen LogP contribution in [0, 0.1) is 12.8 Å². The van der Waals surface area contributed by atoms with Crippen molar-refractivity contribution in [2.24, 2.45) is 5.92 Å². The lowest BCUT2D eigenvalue weighted by atomic mass is 9.86. The molecule has 0 atom stereocenters. The van der Waals surface area contributed by atoms with E-state index in [4.69, 9.17) is 4.74 Å². The number of rotatable bonds is 5. The van der Waals surface area contributed by atoms with Gasteiger partial charge in [0.2, 0.25) is 5.91 Å². The summed E-state index contributed by atoms with van der Waals surface area (Å²) in [4.78, 5) is 32.7. The van der Waals surface area contributed by atoms with Crippen molar-refractivity contribution in [2.75, 3.05) is 39.4 Å². The topological polar surface area (TPSA) is 53.1 Å². The molecule has 6 nitrogen and oxygen atoms in total. The van der Waals surface area contributed by atoms with Gasteiger partial charge in [-0.2, -0.15) is 0 Å². The Morgan fingerprint density at radius 3 is 2.55 bits per heavy atom. The Hall–Kier alpha value is -2.08. The molecule has 3 amide bonds. The van der Waals surface area contributed by atoms with Crippen LogP contribution in [0.15, 0.2) is 24.3 Å². The van der Waals surface area contributed by atoms with Gasteiger partial charge in [-0.05, 0) is 56.9 Å². The second-order valence-electron chi connectivity index (χ2n) is 10.1. The van der Waals surface area contributed by atoms with Crippen LogP contribution in [-0.4, -0.2) is 77.6 Å². The number of benzene rings is 1. The van der Waals surface area contributed by atoms with Crippen LogP contribution in [0.25, 0.3) is 0 Å². The molecule has 0 bridgehead atoms. The van der Waals surface area contributed by atoms with Gasteiger partial charge in [0, 0.05) is 45.4 Å². The number of aryl methyl sites for hydroxylation is 1. The molecule has 0 unspecified atom stereocenters. The van der Waals surface area contributed by atoms with Gasteiger partial charge >= 0.3 is 6.03 Å². The first-order valence-corrected chi connectivity index (χ1v) is 12.0. The molecule has 1 aliphatic carbocycles. The first-order chi connectivity index (χ1) is 15.0. The fourth-order valence-corrected chi connectivity index (χ4v) is 5.78. The van der Waals surface area contributed by atoms with E-state index >= 15 is 0 Å². The van der Waals surface area contributed by atoms with Crippen molar-refractivity contribution in [3.8, 4) is 0 Å². The maximum absolute atomic E-state index is 13.5. The number of ether oxygens (including phenoxy) is 1. The highest BCUT2D eigenvalue weighted by molar-refractivity contribution is 5.80. The number of urea groups is 1. The minimum atomic E-state index is -0.0668. The van der Waals surface area contributed by atoms with Crippen molar-refractivity contribution in [3.63, 3.8) is 0 Å². The molecule has 4 fully saturated rings. The summed E-state index contributed by atoms with van der Waals surface area (Å²) in [5.41, 5.74) is 2.20. The van der Waals surface area contributed by atoms with E-state index in [1.807, 2.05) is 17.0 Å². The van der Waals surface area contributed by atoms with Crippen molar-refractivity contribution < 1.29 is 14.3 Å². The molecule has 0 aromatic heterocycles. The van der Waals surface area contributed by atoms with Crippen molar-refractivity contribution in [3.05, 3.63) is 35.4 Å². The summed E-state index contributed by atoms with van der Waals surface area (Å²) >= 11 is 0. The molecular weight excluding hydrogens is 390 g/mol. The third kappa shape index (κ3) is 4.32. The van der Waals surface area contributed by atoms with E-state index in [-0.39, 0.29) is 23.5 Å². The van der Waals surface area contributed by atoms with Crippen LogP contribution in [0.3, 0.4) is 0 Å². The fourth-order valence-electron chi connectivity index (χ4n) is 5.78. The summed E-state index contributed by atoms with van der Waals surface area (Å²) in [5.74, 6) is 0.912. The zero-order valence-electron chi connectivity index (χ0n) is 18.7. The SMILES string of the molecule is Cc1cccc(CC(=O)N2CCC(N3C(=O)N(CC4CC4)CC34CCOCC4)CC2)c1. The van der Waals surface area contributed by atoms with Crippen LogP contribution in [-0.2, 0) is 16.0 Å². The lowest BCUT2D eigenvalue weighted by Crippen LogP contribution is -2.57. The number of piperidine rings is 1. The number of carbonyl (C=O) groups excluding carboxylic acids is 2. The van der Waals surface area contributed by atoms with Gasteiger partial charge in [-0.15, -0.1) is 0 Å². The molecule has 1 aromatic carbocycles. The van der Waals surface area contributed by atoms with E-state index in [1.165, 1.54) is 18.4 Å². The van der Waals surface area contributed by atoms with Crippen molar-refractivity contribution >= 4 is 11.9 Å². The minimum absolute atomic E-state index is 0.0668. The van der Waals surface area contributed by atoms with E-state index in [9.17, 15) is 9.59 Å². The first-order valence-electron chi connectivity index (χ1n) is 12.0. The Morgan fingerprint density at radius 2 is 1.87 bits per heavy atom. The van der Waals surface area contributed by atoms with Gasteiger partial charge in [-0.3, -0.25) is 4.79 Å². The van der Waals surface area contributed by atoms with Gasteiger partial charge < -0.3 is 19.4 Å². The van der Waals surface area contributed by atoms with E-state index in [1.54, 1.807) is 0 Å². The van der Waals surface area contributed by atoms with Crippen molar-refractivity contribution in [1.82, 2.24) is 14.7 Å². The maximum atomic E-state index is 13.5. The Balaban J connectivity index is 1.24. The molecule has 1 spiro atoms. The van der Waals surface area contributed by atoms with Gasteiger partial charge in [0.15, 0.2) is 0 Å². The summed E-state index contributed by atoms with van der Waals surface area (Å²) in [6, 6.07) is 8.67. The smallest absolute Gasteiger partial charge is 0.320 e. The normalized spacial score (nSPS) is 24.3. The van der Waals surface area contributed by atoms with Crippen LogP contribution in [0.5, 0.6) is 0 Å². The average molecular weight is 426 g/mol. The number of nitrogens with zero attached hydrogens (tertiary/aromatic N) is 3. The third-order valence-electron chi connectivity index (χ3n) is 7.69. The van der Waals surface area contributed by atoms with Crippen LogP contribution in [0.2, 0.25) is 0 Å². The molecule has 168 valence electrons. The Morgan fingerprint density at radius 1 is 1.13 bits per heavy atom. The predicted octanol–water partition coefficient (Wildman–Crippen LogP) is 3.23. The van der Waals surface area contributed by atoms with Gasteiger partial charge in [0.1, 0.15) is 0 Å². The molecule has 3 aliphatic heterocycles. The quantitative estimate of drug-likeness (QED) is 0.728. The molecule has 0 N–H and O–H groups in total. The molecule has 1 saturated carbocycles. The number of carbonyl (C=O) groups is 2. The molecule has 5 rings (SSSR count). The molecule has 31 heavy (non-hydrogen) atoms. The molecule has 0 radical (unpaired) electrons. The first kappa shape index (κ1) is 20.8. The highest BCUT2D eigenvalue weighted by atomic mass is 16.5. The molecule has 1 aromatic rings. The van der Waals surface area contributed by atoms with Crippen LogP contribution >= 0.6 is 0 Å². The highest BCUT2D eigenvalue weighted by Crippen LogP contribution is 2.41. The van der Waals surface area contributed by atoms with E-state index < -0.39 is 0 Å². The van der Waals surface area contributed by atoms with Gasteiger partial charge in [-0.25, -0.2) is 4.79 Å². The highest BCUT2D eigenvalue weighted by Gasteiger charge is 2.53. The zero-order chi connectivity index (χ0) is 21.4. The van der Waals surface area contributed by atoms with Crippen LogP contribution in [0.4, 0.5) is 4.79 Å². The number of likely N-dealkylation sites (tertiary alicyclic amines) is 1. The number of amides is 3. The lowest BCUT2D eigenvalue weighted by molar-refractivity contribution is -0.132. The van der Waals surface area contributed by atoms with E-state index in [0.29, 0.717) is 12.3 Å². The second-order valence-corrected chi connectivity index (χ2v) is 10.1. The van der Waals surface area contributed by atoms with E-state index in [0.717, 1.165) is 70.6 Å². The summed E-state index contributed by atoms with van der Waals surface area (Å²) in [6.07, 6.45) is 6.63. The monoisotopic (exact) mass is 425 g/mol. The summed E-state index contributed by atoms with van der Waals surface area (Å²) < 4.78 is 5.66. The van der Waals surface area contributed by atoms with Crippen LogP contribution < -0.4 is 0 Å². The third-order valence-corrected chi connectivity index (χ3v) is 7.69. The molecule has 6 heteroatoms. The van der Waals surface area contributed by atoms with Gasteiger partial charge in [0.25, 0.3) is 0 Å². The van der Waals surface area contributed by atoms with Gasteiger partial charge in [-0.1, -0.05) is 29.8 Å². The van der Waals surface area contributed by atoms with Crippen molar-refractivity contribution in [1.29, 1.82) is 0 Å². The maximum Gasteiger partial charge on any atom is 0.320 e. The van der Waals surface area contributed by atoms with Crippen molar-refractivity contribution in [2.45, 2.75) is 63.5 Å². The molecule has 4 aliphatic rings. The summed E-state index contributed by atoms with van der Waals surface area (Å²) in [5, 5.41) is 0.